The van der Waals surface area contributed by atoms with E-state index in [1.165, 1.54) is 6.20 Å². The van der Waals surface area contributed by atoms with E-state index in [4.69, 9.17) is 21.1 Å². The topological polar surface area (TPSA) is 67.8 Å². The van der Waals surface area contributed by atoms with E-state index in [0.29, 0.717) is 29.4 Å². The van der Waals surface area contributed by atoms with Crippen molar-refractivity contribution in [2.45, 2.75) is 0 Å². The minimum atomic E-state index is -0.494. The monoisotopic (exact) mass is 392 g/mol. The van der Waals surface area contributed by atoms with Crippen molar-refractivity contribution >= 4 is 17.6 Å². The van der Waals surface area contributed by atoms with Gasteiger partial charge in [-0.2, -0.15) is 4.98 Å². The number of hydrogen-bond acceptors (Lipinski definition) is 7. The number of ether oxygens (including phenoxy) is 2. The Labute approximate surface area is 164 Å². The van der Waals surface area contributed by atoms with Crippen LogP contribution in [0.1, 0.15) is 10.4 Å². The number of benzene rings is 1. The molecule has 0 aliphatic carbocycles. The first kappa shape index (κ1) is 21.1. The van der Waals surface area contributed by atoms with Crippen molar-refractivity contribution in [3.8, 4) is 17.3 Å². The van der Waals surface area contributed by atoms with Gasteiger partial charge in [0, 0.05) is 29.9 Å². The highest BCUT2D eigenvalue weighted by atomic mass is 35.5. The van der Waals surface area contributed by atoms with Crippen LogP contribution in [0.5, 0.6) is 6.01 Å². The third-order valence-electron chi connectivity index (χ3n) is 3.66. The number of aromatic nitrogens is 2. The summed E-state index contributed by atoms with van der Waals surface area (Å²) in [5, 5.41) is 0.484. The van der Waals surface area contributed by atoms with Gasteiger partial charge >= 0.3 is 12.0 Å². The Morgan fingerprint density at radius 2 is 1.74 bits per heavy atom. The molecule has 0 unspecified atom stereocenters. The number of halogens is 1. The highest BCUT2D eigenvalue weighted by molar-refractivity contribution is 6.33. The number of likely N-dealkylation sites (N-methyl/N-ethyl adjacent to an activating group) is 2. The summed E-state index contributed by atoms with van der Waals surface area (Å²) in [7, 11) is 7.72. The molecule has 0 amide bonds. The third kappa shape index (κ3) is 6.46. The molecule has 0 radical (unpaired) electrons. The number of nitrogens with zero attached hydrogens (tertiary/aromatic N) is 4. The van der Waals surface area contributed by atoms with Crippen molar-refractivity contribution in [2.24, 2.45) is 0 Å². The van der Waals surface area contributed by atoms with Crippen LogP contribution in [0.2, 0.25) is 5.02 Å². The van der Waals surface area contributed by atoms with Crippen molar-refractivity contribution in [2.75, 3.05) is 54.5 Å². The summed E-state index contributed by atoms with van der Waals surface area (Å²) in [6, 6.07) is 7.38. The van der Waals surface area contributed by atoms with Gasteiger partial charge in [0.1, 0.15) is 18.8 Å². The second-order valence-corrected chi connectivity index (χ2v) is 6.89. The maximum absolute atomic E-state index is 12.5. The van der Waals surface area contributed by atoms with Gasteiger partial charge in [0.05, 0.1) is 5.69 Å². The van der Waals surface area contributed by atoms with Crippen LogP contribution < -0.4 is 4.74 Å². The lowest BCUT2D eigenvalue weighted by atomic mass is 10.1. The van der Waals surface area contributed by atoms with Gasteiger partial charge in [0.25, 0.3) is 0 Å². The Balaban J connectivity index is 2.29. The molecule has 27 heavy (non-hydrogen) atoms. The molecule has 0 bridgehead atoms. The average Bonchev–Trinajstić information content (AvgIpc) is 2.61. The quantitative estimate of drug-likeness (QED) is 0.607. The highest BCUT2D eigenvalue weighted by Gasteiger charge is 2.20. The van der Waals surface area contributed by atoms with Crippen LogP contribution in [-0.4, -0.2) is 80.2 Å². The van der Waals surface area contributed by atoms with Crippen LogP contribution in [0.15, 0.2) is 30.5 Å². The van der Waals surface area contributed by atoms with Gasteiger partial charge in [-0.25, -0.2) is 9.78 Å². The summed E-state index contributed by atoms with van der Waals surface area (Å²) in [4.78, 5) is 25.0. The van der Waals surface area contributed by atoms with E-state index in [0.717, 1.165) is 6.54 Å². The zero-order valence-electron chi connectivity index (χ0n) is 16.1. The Hall–Kier alpha value is -2.22. The number of carbonyl (C=O) groups excluding carboxylic acids is 1. The van der Waals surface area contributed by atoms with Gasteiger partial charge in [-0.05, 0) is 34.3 Å². The third-order valence-corrected chi connectivity index (χ3v) is 3.99. The van der Waals surface area contributed by atoms with E-state index in [1.807, 2.05) is 50.1 Å². The predicted molar refractivity (Wildman–Crippen MR) is 105 cm³/mol. The van der Waals surface area contributed by atoms with E-state index in [-0.39, 0.29) is 18.2 Å². The molecule has 0 atom stereocenters. The fourth-order valence-corrected chi connectivity index (χ4v) is 2.39. The second-order valence-electron chi connectivity index (χ2n) is 6.49. The zero-order valence-corrected chi connectivity index (χ0v) is 16.9. The molecular formula is C19H25ClN4O3. The first-order valence-electron chi connectivity index (χ1n) is 8.60. The maximum atomic E-state index is 12.5. The van der Waals surface area contributed by atoms with E-state index in [9.17, 15) is 4.79 Å². The molecule has 0 N–H and O–H groups in total. The Bertz CT molecular complexity index is 768. The molecule has 8 heteroatoms. The molecular weight excluding hydrogens is 368 g/mol. The molecule has 1 aromatic carbocycles. The minimum absolute atomic E-state index is 0.191. The molecule has 2 rings (SSSR count). The van der Waals surface area contributed by atoms with E-state index in [1.54, 1.807) is 12.1 Å². The van der Waals surface area contributed by atoms with Crippen LogP contribution in [0.25, 0.3) is 11.3 Å². The van der Waals surface area contributed by atoms with E-state index in [2.05, 4.69) is 9.97 Å². The van der Waals surface area contributed by atoms with Crippen LogP contribution >= 0.6 is 11.6 Å². The van der Waals surface area contributed by atoms with Crippen LogP contribution in [0.3, 0.4) is 0 Å². The highest BCUT2D eigenvalue weighted by Crippen LogP contribution is 2.30. The van der Waals surface area contributed by atoms with E-state index < -0.39 is 5.97 Å². The lowest BCUT2D eigenvalue weighted by Crippen LogP contribution is -2.21. The number of esters is 1. The first-order chi connectivity index (χ1) is 12.9. The standard InChI is InChI=1S/C19H25ClN4O3/c1-23(2)9-11-26-18(25)15-13-21-19(27-12-10-24(3)4)22-17(15)14-7-5-6-8-16(14)20/h5-8,13H,9-12H2,1-4H3. The molecule has 1 aromatic heterocycles. The summed E-state index contributed by atoms with van der Waals surface area (Å²) < 4.78 is 10.9. The Kier molecular flexibility index (Phi) is 7.97. The van der Waals surface area contributed by atoms with E-state index >= 15 is 0 Å². The summed E-state index contributed by atoms with van der Waals surface area (Å²) in [5.41, 5.74) is 1.27. The predicted octanol–water partition coefficient (Wildman–Crippen LogP) is 2.46. The van der Waals surface area contributed by atoms with Gasteiger partial charge in [0.2, 0.25) is 0 Å². The Morgan fingerprint density at radius 1 is 1.07 bits per heavy atom. The molecule has 2 aromatic rings. The molecule has 0 aliphatic rings. The maximum Gasteiger partial charge on any atom is 0.341 e. The fourth-order valence-electron chi connectivity index (χ4n) is 2.16. The summed E-state index contributed by atoms with van der Waals surface area (Å²) >= 11 is 6.31. The minimum Gasteiger partial charge on any atom is -0.462 e. The molecule has 1 heterocycles. The van der Waals surface area contributed by atoms with Gasteiger partial charge < -0.3 is 19.3 Å². The molecule has 146 valence electrons. The fraction of sp³-hybridized carbons (Fsp3) is 0.421. The van der Waals surface area contributed by atoms with Crippen molar-refractivity contribution in [1.29, 1.82) is 0 Å². The lowest BCUT2D eigenvalue weighted by molar-refractivity contribution is 0.0481. The lowest BCUT2D eigenvalue weighted by Gasteiger charge is -2.14. The molecule has 0 saturated carbocycles. The van der Waals surface area contributed by atoms with Gasteiger partial charge in [-0.15, -0.1) is 0 Å². The average molecular weight is 393 g/mol. The molecule has 0 saturated heterocycles. The first-order valence-corrected chi connectivity index (χ1v) is 8.97. The van der Waals surface area contributed by atoms with Gasteiger partial charge in [-0.3, -0.25) is 0 Å². The molecule has 7 nitrogen and oxygen atoms in total. The van der Waals surface area contributed by atoms with Crippen LogP contribution in [0.4, 0.5) is 0 Å². The summed E-state index contributed by atoms with van der Waals surface area (Å²) in [5.74, 6) is -0.494. The number of hydrogen-bond donors (Lipinski definition) is 0. The second kappa shape index (κ2) is 10.2. The van der Waals surface area contributed by atoms with Crippen LogP contribution in [-0.2, 0) is 4.74 Å². The molecule has 0 aliphatic heterocycles. The summed E-state index contributed by atoms with van der Waals surface area (Å²) in [6.45, 7) is 2.05. The van der Waals surface area contributed by atoms with Gasteiger partial charge in [-0.1, -0.05) is 29.8 Å². The molecule has 0 spiro atoms. The van der Waals surface area contributed by atoms with Crippen molar-refractivity contribution in [1.82, 2.24) is 19.8 Å². The van der Waals surface area contributed by atoms with Crippen LogP contribution in [0, 0.1) is 0 Å². The molecule has 0 fully saturated rings. The van der Waals surface area contributed by atoms with Crippen molar-refractivity contribution < 1.29 is 14.3 Å². The SMILES string of the molecule is CN(C)CCOC(=O)c1cnc(OCCN(C)C)nc1-c1ccccc1Cl. The summed E-state index contributed by atoms with van der Waals surface area (Å²) in [6.07, 6.45) is 1.43. The Morgan fingerprint density at radius 3 is 2.41 bits per heavy atom. The smallest absolute Gasteiger partial charge is 0.341 e. The van der Waals surface area contributed by atoms with Gasteiger partial charge in [0.15, 0.2) is 0 Å². The zero-order chi connectivity index (χ0) is 19.8. The number of rotatable bonds is 9. The van der Waals surface area contributed by atoms with Crippen molar-refractivity contribution in [3.63, 3.8) is 0 Å². The number of carbonyl (C=O) groups is 1. The normalized spacial score (nSPS) is 11.1. The largest absolute Gasteiger partial charge is 0.462 e. The van der Waals surface area contributed by atoms with Crippen molar-refractivity contribution in [3.05, 3.63) is 41.0 Å².